The molecule has 162 valence electrons. The molecule has 0 aromatic carbocycles. The average molecular weight is 427 g/mol. The van der Waals surface area contributed by atoms with E-state index in [4.69, 9.17) is 0 Å². The largest absolute Gasteiger partial charge is 0.338 e. The Morgan fingerprint density at radius 2 is 1.90 bits per heavy atom. The molecule has 0 aliphatic carbocycles. The van der Waals surface area contributed by atoms with Crippen LogP contribution in [0.5, 0.6) is 0 Å². The van der Waals surface area contributed by atoms with E-state index in [-0.39, 0.29) is 37.7 Å². The molecular weight excluding hydrogens is 404 g/mol. The number of likely N-dealkylation sites (tertiary alicyclic amines) is 1. The number of nitrogens with one attached hydrogen (secondary N) is 1. The standard InChI is InChI=1S/C22H23F2N5O2/c1-21(2,20(31)27-17-4-3-8-25-14-17)29-9-5-15-12-16(13-26-18(15)29)19(30)28-10-6-22(23,24)7-11-28/h3-5,8-9,12-14H,6-7,10-11H2,1-2H3,(H,27,31). The SMILES string of the molecule is CC(C)(C(=O)Nc1cccnc1)n1ccc2cc(C(=O)N3CCC(F)(F)CC3)cnc21. The van der Waals surface area contributed by atoms with E-state index in [0.717, 1.165) is 0 Å². The van der Waals surface area contributed by atoms with Crippen LogP contribution in [-0.4, -0.2) is 50.3 Å². The van der Waals surface area contributed by atoms with Crippen molar-refractivity contribution in [3.05, 3.63) is 54.6 Å². The quantitative estimate of drug-likeness (QED) is 0.689. The third kappa shape index (κ3) is 4.12. The van der Waals surface area contributed by atoms with Gasteiger partial charge in [0.05, 0.1) is 17.4 Å². The zero-order chi connectivity index (χ0) is 22.2. The van der Waals surface area contributed by atoms with Crippen LogP contribution in [0.4, 0.5) is 14.5 Å². The lowest BCUT2D eigenvalue weighted by Crippen LogP contribution is -2.42. The van der Waals surface area contributed by atoms with Gasteiger partial charge in [0.2, 0.25) is 5.91 Å². The minimum Gasteiger partial charge on any atom is -0.338 e. The molecule has 1 N–H and O–H groups in total. The third-order valence-electron chi connectivity index (χ3n) is 5.63. The number of piperidine rings is 1. The lowest BCUT2D eigenvalue weighted by Gasteiger charge is -2.31. The molecule has 0 bridgehead atoms. The summed E-state index contributed by atoms with van der Waals surface area (Å²) in [6.45, 7) is 3.58. The van der Waals surface area contributed by atoms with Crippen molar-refractivity contribution in [2.24, 2.45) is 0 Å². The molecule has 31 heavy (non-hydrogen) atoms. The van der Waals surface area contributed by atoms with Crippen molar-refractivity contribution in [2.45, 2.75) is 38.2 Å². The molecule has 9 heteroatoms. The minimum absolute atomic E-state index is 0.0203. The maximum atomic E-state index is 13.4. The summed E-state index contributed by atoms with van der Waals surface area (Å²) in [5, 5.41) is 3.53. The highest BCUT2D eigenvalue weighted by Crippen LogP contribution is 2.29. The molecule has 3 aromatic heterocycles. The number of hydrogen-bond donors (Lipinski definition) is 1. The molecule has 0 unspecified atom stereocenters. The minimum atomic E-state index is -2.71. The van der Waals surface area contributed by atoms with Crippen molar-refractivity contribution in [1.29, 1.82) is 0 Å². The number of rotatable bonds is 4. The predicted octanol–water partition coefficient (Wildman–Crippen LogP) is 3.68. The molecule has 2 amide bonds. The second kappa shape index (κ2) is 7.72. The summed E-state index contributed by atoms with van der Waals surface area (Å²) < 4.78 is 28.5. The number of alkyl halides is 2. The van der Waals surface area contributed by atoms with Gasteiger partial charge in [-0.05, 0) is 38.1 Å². The third-order valence-corrected chi connectivity index (χ3v) is 5.63. The summed E-state index contributed by atoms with van der Waals surface area (Å²) in [5.74, 6) is -3.27. The molecule has 7 nitrogen and oxygen atoms in total. The van der Waals surface area contributed by atoms with Crippen LogP contribution in [0.15, 0.2) is 49.1 Å². The van der Waals surface area contributed by atoms with Gasteiger partial charge in [-0.25, -0.2) is 13.8 Å². The lowest BCUT2D eigenvalue weighted by atomic mass is 10.0. The van der Waals surface area contributed by atoms with Gasteiger partial charge in [0.25, 0.3) is 11.8 Å². The van der Waals surface area contributed by atoms with E-state index in [2.05, 4.69) is 15.3 Å². The molecule has 0 spiro atoms. The maximum Gasteiger partial charge on any atom is 0.255 e. The molecule has 0 saturated carbocycles. The molecule has 1 aliphatic heterocycles. The second-order valence-corrected chi connectivity index (χ2v) is 8.23. The maximum absolute atomic E-state index is 13.4. The van der Waals surface area contributed by atoms with E-state index >= 15 is 0 Å². The van der Waals surface area contributed by atoms with Gasteiger partial charge >= 0.3 is 0 Å². The Labute approximate surface area is 178 Å². The Balaban J connectivity index is 1.56. The molecule has 3 aromatic rings. The summed E-state index contributed by atoms with van der Waals surface area (Å²) in [6, 6.07) is 6.95. The van der Waals surface area contributed by atoms with Crippen molar-refractivity contribution in [2.75, 3.05) is 18.4 Å². The Bertz CT molecular complexity index is 1120. The van der Waals surface area contributed by atoms with Crippen molar-refractivity contribution >= 4 is 28.5 Å². The Hall–Kier alpha value is -3.36. The number of fused-ring (bicyclic) bond motifs is 1. The van der Waals surface area contributed by atoms with Crippen LogP contribution in [0.1, 0.15) is 37.0 Å². The highest BCUT2D eigenvalue weighted by Gasteiger charge is 2.36. The van der Waals surface area contributed by atoms with Gasteiger partial charge in [-0.1, -0.05) is 0 Å². The van der Waals surface area contributed by atoms with Gasteiger partial charge in [-0.2, -0.15) is 0 Å². The van der Waals surface area contributed by atoms with Crippen molar-refractivity contribution in [1.82, 2.24) is 19.4 Å². The van der Waals surface area contributed by atoms with Crippen molar-refractivity contribution in [3.8, 4) is 0 Å². The first kappa shape index (κ1) is 20.9. The summed E-state index contributed by atoms with van der Waals surface area (Å²) in [7, 11) is 0. The molecule has 1 aliphatic rings. The highest BCUT2D eigenvalue weighted by atomic mass is 19.3. The van der Waals surface area contributed by atoms with Crippen molar-refractivity contribution < 1.29 is 18.4 Å². The van der Waals surface area contributed by atoms with Crippen LogP contribution in [0.25, 0.3) is 11.0 Å². The molecule has 1 fully saturated rings. The normalized spacial score (nSPS) is 16.3. The fraction of sp³-hybridized carbons (Fsp3) is 0.364. The van der Waals surface area contributed by atoms with Gasteiger partial charge in [0, 0.05) is 49.9 Å². The Kier molecular flexibility index (Phi) is 5.20. The first-order chi connectivity index (χ1) is 14.7. The number of aromatic nitrogens is 3. The zero-order valence-corrected chi connectivity index (χ0v) is 17.3. The van der Waals surface area contributed by atoms with E-state index in [1.165, 1.54) is 11.1 Å². The summed E-state index contributed by atoms with van der Waals surface area (Å²) >= 11 is 0. The van der Waals surface area contributed by atoms with E-state index in [1.54, 1.807) is 61.3 Å². The van der Waals surface area contributed by atoms with Gasteiger partial charge in [0.15, 0.2) is 0 Å². The molecule has 4 heterocycles. The second-order valence-electron chi connectivity index (χ2n) is 8.23. The first-order valence-electron chi connectivity index (χ1n) is 10.0. The van der Waals surface area contributed by atoms with Crippen molar-refractivity contribution in [3.63, 3.8) is 0 Å². The van der Waals surface area contributed by atoms with E-state index < -0.39 is 11.5 Å². The monoisotopic (exact) mass is 427 g/mol. The van der Waals surface area contributed by atoms with Crippen LogP contribution in [0, 0.1) is 0 Å². The molecule has 0 atom stereocenters. The van der Waals surface area contributed by atoms with Crippen LogP contribution in [0.2, 0.25) is 0 Å². The lowest BCUT2D eigenvalue weighted by molar-refractivity contribution is -0.122. The molecule has 1 saturated heterocycles. The van der Waals surface area contributed by atoms with E-state index in [0.29, 0.717) is 22.3 Å². The van der Waals surface area contributed by atoms with E-state index in [1.807, 2.05) is 0 Å². The van der Waals surface area contributed by atoms with Gasteiger partial charge in [-0.15, -0.1) is 0 Å². The number of nitrogens with zero attached hydrogens (tertiary/aromatic N) is 4. The van der Waals surface area contributed by atoms with Gasteiger partial charge in [-0.3, -0.25) is 14.6 Å². The average Bonchev–Trinajstić information content (AvgIpc) is 3.18. The first-order valence-corrected chi connectivity index (χ1v) is 10.0. The number of carbonyl (C=O) groups is 2. The predicted molar refractivity (Wildman–Crippen MR) is 112 cm³/mol. The van der Waals surface area contributed by atoms with Gasteiger partial charge in [0.1, 0.15) is 11.2 Å². The summed E-state index contributed by atoms with van der Waals surface area (Å²) in [5.41, 5.74) is 0.514. The Morgan fingerprint density at radius 3 is 2.58 bits per heavy atom. The highest BCUT2D eigenvalue weighted by molar-refractivity contribution is 5.99. The summed E-state index contributed by atoms with van der Waals surface area (Å²) in [6.07, 6.45) is 5.71. The van der Waals surface area contributed by atoms with Gasteiger partial charge < -0.3 is 14.8 Å². The zero-order valence-electron chi connectivity index (χ0n) is 17.3. The number of hydrogen-bond acceptors (Lipinski definition) is 4. The summed E-state index contributed by atoms with van der Waals surface area (Å²) in [4.78, 5) is 35.5. The number of pyridine rings is 2. The number of halogens is 2. The molecular formula is C22H23F2N5O2. The van der Waals surface area contributed by atoms with Crippen LogP contribution < -0.4 is 5.32 Å². The number of carbonyl (C=O) groups excluding carboxylic acids is 2. The van der Waals surface area contributed by atoms with Crippen LogP contribution >= 0.6 is 0 Å². The number of amides is 2. The number of anilines is 1. The smallest absolute Gasteiger partial charge is 0.255 e. The van der Waals surface area contributed by atoms with E-state index in [9.17, 15) is 18.4 Å². The van der Waals surface area contributed by atoms with Crippen LogP contribution in [0.3, 0.4) is 0 Å². The van der Waals surface area contributed by atoms with Crippen LogP contribution in [-0.2, 0) is 10.3 Å². The molecule has 0 radical (unpaired) electrons. The fourth-order valence-electron chi connectivity index (χ4n) is 3.64. The molecule has 4 rings (SSSR count). The Morgan fingerprint density at radius 1 is 1.16 bits per heavy atom. The fourth-order valence-corrected chi connectivity index (χ4v) is 3.64. The topological polar surface area (TPSA) is 80.1 Å².